The summed E-state index contributed by atoms with van der Waals surface area (Å²) >= 11 is 0. The number of Topliss-reactive ketones (excluding diaryl/α,β-unsaturated/α-hetero) is 2. The average molecular weight is 365 g/mol. The zero-order valence-electron chi connectivity index (χ0n) is 14.5. The molecular weight excluding hydrogens is 342 g/mol. The third kappa shape index (κ3) is 4.96. The molecule has 5 N–H and O–H groups in total. The van der Waals surface area contributed by atoms with E-state index in [1.807, 2.05) is 0 Å². The van der Waals surface area contributed by atoms with Crippen LogP contribution in [-0.2, 0) is 25.6 Å². The van der Waals surface area contributed by atoms with E-state index in [-0.39, 0.29) is 49.8 Å². The van der Waals surface area contributed by atoms with Gasteiger partial charge in [0.25, 0.3) is 0 Å². The summed E-state index contributed by atoms with van der Waals surface area (Å²) in [6, 6.07) is -1.64. The maximum Gasteiger partial charge on any atom is 0.305 e. The minimum Gasteiger partial charge on any atom is -0.481 e. The minimum absolute atomic E-state index is 0.0281. The van der Waals surface area contributed by atoms with Crippen LogP contribution in [0.25, 0.3) is 0 Å². The summed E-state index contributed by atoms with van der Waals surface area (Å²) in [6.07, 6.45) is 2.96. The van der Waals surface area contributed by atoms with Crippen LogP contribution in [0.15, 0.2) is 12.5 Å². The number of nitrogens with zero attached hydrogens (tertiary/aromatic N) is 2. The number of nitrogens with one attached hydrogen (secondary N) is 2. The van der Waals surface area contributed by atoms with Gasteiger partial charge in [-0.2, -0.15) is 0 Å². The summed E-state index contributed by atoms with van der Waals surface area (Å²) in [6.45, 7) is -0.0704. The summed E-state index contributed by atoms with van der Waals surface area (Å²) in [4.78, 5) is 55.6. The first-order valence-corrected chi connectivity index (χ1v) is 8.28. The van der Waals surface area contributed by atoms with Crippen molar-refractivity contribution in [1.82, 2.24) is 20.2 Å². The zero-order valence-corrected chi connectivity index (χ0v) is 14.5. The summed E-state index contributed by atoms with van der Waals surface area (Å²) in [5.41, 5.74) is 6.59. The molecule has 1 unspecified atom stereocenters. The third-order valence-electron chi connectivity index (χ3n) is 4.44. The Morgan fingerprint density at radius 1 is 1.50 bits per heavy atom. The van der Waals surface area contributed by atoms with Gasteiger partial charge in [0.2, 0.25) is 5.91 Å². The van der Waals surface area contributed by atoms with Gasteiger partial charge in [0.05, 0.1) is 31.4 Å². The van der Waals surface area contributed by atoms with Crippen molar-refractivity contribution < 1.29 is 24.3 Å². The third-order valence-corrected chi connectivity index (χ3v) is 4.44. The van der Waals surface area contributed by atoms with Gasteiger partial charge in [0.1, 0.15) is 0 Å². The van der Waals surface area contributed by atoms with Crippen LogP contribution >= 0.6 is 0 Å². The number of aliphatic carboxylic acids is 1. The number of aromatic nitrogens is 2. The normalized spacial score (nSPS) is 19.4. The Bertz CT molecular complexity index is 675. The highest BCUT2D eigenvalue weighted by atomic mass is 16.4. The van der Waals surface area contributed by atoms with Crippen LogP contribution in [0.4, 0.5) is 0 Å². The molecule has 2 rings (SSSR count). The van der Waals surface area contributed by atoms with Crippen molar-refractivity contribution in [2.75, 3.05) is 20.1 Å². The van der Waals surface area contributed by atoms with E-state index in [4.69, 9.17) is 10.8 Å². The Balaban J connectivity index is 1.91. The predicted molar refractivity (Wildman–Crippen MR) is 90.1 cm³/mol. The smallest absolute Gasteiger partial charge is 0.305 e. The van der Waals surface area contributed by atoms with Gasteiger partial charge in [-0.1, -0.05) is 0 Å². The van der Waals surface area contributed by atoms with E-state index in [1.165, 1.54) is 18.3 Å². The van der Waals surface area contributed by atoms with Gasteiger partial charge in [-0.3, -0.25) is 19.2 Å². The predicted octanol–water partition coefficient (Wildman–Crippen LogP) is -1.67. The number of nitrogens with two attached hydrogens (primary N) is 1. The Labute approximate surface area is 150 Å². The number of likely N-dealkylation sites (N-methyl/N-ethyl adjacent to an activating group) is 1. The highest BCUT2D eigenvalue weighted by Crippen LogP contribution is 2.21. The molecule has 0 bridgehead atoms. The Kier molecular flexibility index (Phi) is 6.58. The monoisotopic (exact) mass is 365 g/mol. The first-order chi connectivity index (χ1) is 12.3. The molecule has 3 atom stereocenters. The zero-order chi connectivity index (χ0) is 19.3. The van der Waals surface area contributed by atoms with Gasteiger partial charge in [0, 0.05) is 37.2 Å². The van der Waals surface area contributed by atoms with Crippen molar-refractivity contribution in [3.8, 4) is 0 Å². The molecule has 10 heteroatoms. The summed E-state index contributed by atoms with van der Waals surface area (Å²) < 4.78 is 0. The number of carbonyl (C=O) groups is 4. The molecule has 0 aliphatic carbocycles. The Hall–Kier alpha value is -2.59. The highest BCUT2D eigenvalue weighted by Gasteiger charge is 2.38. The van der Waals surface area contributed by atoms with E-state index in [1.54, 1.807) is 6.20 Å². The first kappa shape index (κ1) is 19.7. The number of ketones is 2. The van der Waals surface area contributed by atoms with Gasteiger partial charge in [-0.05, 0) is 7.05 Å². The van der Waals surface area contributed by atoms with Crippen molar-refractivity contribution in [2.45, 2.75) is 31.3 Å². The molecule has 1 saturated heterocycles. The van der Waals surface area contributed by atoms with E-state index in [9.17, 15) is 19.2 Å². The number of amides is 1. The fourth-order valence-electron chi connectivity index (χ4n) is 2.97. The molecule has 1 amide bonds. The summed E-state index contributed by atoms with van der Waals surface area (Å²) in [7, 11) is 1.50. The standard InChI is InChI=1S/C16H23N5O5/c1-18-12(4-15(24)25)16(26)9-2-14(23)21(6-9)7-13(22)11(17)3-10-5-19-8-20-10/h5,8-9,11-12,18H,2-4,6-7,17H2,1H3,(H,19,20)(H,24,25)/t9?,11-,12-/m0/s1. The van der Waals surface area contributed by atoms with Crippen molar-refractivity contribution >= 4 is 23.4 Å². The number of imidazole rings is 1. The second-order valence-electron chi connectivity index (χ2n) is 6.37. The largest absolute Gasteiger partial charge is 0.481 e. The lowest BCUT2D eigenvalue weighted by Crippen LogP contribution is -2.43. The number of hydrogen-bond donors (Lipinski definition) is 4. The molecule has 1 aromatic heterocycles. The van der Waals surface area contributed by atoms with Crippen LogP contribution in [0.5, 0.6) is 0 Å². The van der Waals surface area contributed by atoms with Gasteiger partial charge >= 0.3 is 5.97 Å². The van der Waals surface area contributed by atoms with Crippen molar-refractivity contribution in [2.24, 2.45) is 11.7 Å². The fourth-order valence-corrected chi connectivity index (χ4v) is 2.97. The fraction of sp³-hybridized carbons (Fsp3) is 0.562. The van der Waals surface area contributed by atoms with Crippen LogP contribution in [0, 0.1) is 5.92 Å². The molecule has 0 radical (unpaired) electrons. The molecule has 1 aromatic rings. The number of carboxylic acids is 1. The van der Waals surface area contributed by atoms with Gasteiger partial charge < -0.3 is 26.0 Å². The molecule has 142 valence electrons. The number of carboxylic acid groups (broad SMARTS) is 1. The lowest BCUT2D eigenvalue weighted by atomic mass is 9.95. The van der Waals surface area contributed by atoms with E-state index < -0.39 is 24.0 Å². The quantitative estimate of drug-likeness (QED) is 0.383. The van der Waals surface area contributed by atoms with Gasteiger partial charge in [0.15, 0.2) is 11.6 Å². The average Bonchev–Trinajstić information content (AvgIpc) is 3.22. The Morgan fingerprint density at radius 2 is 2.23 bits per heavy atom. The van der Waals surface area contributed by atoms with E-state index >= 15 is 0 Å². The molecule has 1 aliphatic rings. The second-order valence-corrected chi connectivity index (χ2v) is 6.37. The maximum absolute atomic E-state index is 12.4. The lowest BCUT2D eigenvalue weighted by molar-refractivity contribution is -0.140. The molecule has 0 aromatic carbocycles. The number of rotatable bonds is 10. The number of H-pyrrole nitrogens is 1. The maximum atomic E-state index is 12.4. The van der Waals surface area contributed by atoms with Gasteiger partial charge in [-0.15, -0.1) is 0 Å². The molecule has 26 heavy (non-hydrogen) atoms. The van der Waals surface area contributed by atoms with Gasteiger partial charge in [-0.25, -0.2) is 4.98 Å². The van der Waals surface area contributed by atoms with Crippen molar-refractivity contribution in [3.63, 3.8) is 0 Å². The number of likely N-dealkylation sites (tertiary alicyclic amines) is 1. The SMILES string of the molecule is CN[C@@H](CC(=O)O)C(=O)C1CC(=O)N(CC(=O)[C@@H](N)Cc2cnc[nH]2)C1. The van der Waals surface area contributed by atoms with Crippen LogP contribution in [0.3, 0.4) is 0 Å². The van der Waals surface area contributed by atoms with E-state index in [0.29, 0.717) is 0 Å². The molecule has 0 spiro atoms. The van der Waals surface area contributed by atoms with Crippen LogP contribution in [0.2, 0.25) is 0 Å². The first-order valence-electron chi connectivity index (χ1n) is 8.28. The molecule has 0 saturated carbocycles. The summed E-state index contributed by atoms with van der Waals surface area (Å²) in [5, 5.41) is 11.5. The summed E-state index contributed by atoms with van der Waals surface area (Å²) in [5.74, 6) is -2.68. The molecule has 2 heterocycles. The van der Waals surface area contributed by atoms with Crippen molar-refractivity contribution in [3.05, 3.63) is 18.2 Å². The number of aromatic amines is 1. The number of hydrogen-bond acceptors (Lipinski definition) is 7. The lowest BCUT2D eigenvalue weighted by Gasteiger charge is -2.19. The topological polar surface area (TPSA) is 158 Å². The Morgan fingerprint density at radius 3 is 2.81 bits per heavy atom. The molecule has 1 fully saturated rings. The molecule has 1 aliphatic heterocycles. The van der Waals surface area contributed by atoms with Crippen LogP contribution < -0.4 is 11.1 Å². The van der Waals surface area contributed by atoms with Crippen LogP contribution in [0.1, 0.15) is 18.5 Å². The second kappa shape index (κ2) is 8.68. The highest BCUT2D eigenvalue weighted by molar-refractivity contribution is 5.96. The molecular formula is C16H23N5O5. The van der Waals surface area contributed by atoms with E-state index in [2.05, 4.69) is 15.3 Å². The molecule has 10 nitrogen and oxygen atoms in total. The van der Waals surface area contributed by atoms with E-state index in [0.717, 1.165) is 5.69 Å². The van der Waals surface area contributed by atoms with Crippen molar-refractivity contribution in [1.29, 1.82) is 0 Å². The number of carbonyl (C=O) groups excluding carboxylic acids is 3. The minimum atomic E-state index is -1.10. The van der Waals surface area contributed by atoms with Crippen LogP contribution in [-0.4, -0.2) is 75.6 Å².